The van der Waals surface area contributed by atoms with Crippen LogP contribution in [0.25, 0.3) is 0 Å². The van der Waals surface area contributed by atoms with Crippen molar-refractivity contribution in [2.45, 2.75) is 38.8 Å². The third kappa shape index (κ3) is 1.76. The molecule has 2 bridgehead atoms. The van der Waals surface area contributed by atoms with Crippen molar-refractivity contribution in [3.05, 3.63) is 48.6 Å². The predicted octanol–water partition coefficient (Wildman–Crippen LogP) is 3.32. The van der Waals surface area contributed by atoms with E-state index in [9.17, 15) is 9.90 Å². The highest BCUT2D eigenvalue weighted by molar-refractivity contribution is 9.11. The summed E-state index contributed by atoms with van der Waals surface area (Å²) >= 11 is 7.32. The maximum Gasteiger partial charge on any atom is 0.210 e. The van der Waals surface area contributed by atoms with Crippen molar-refractivity contribution in [1.29, 1.82) is 0 Å². The van der Waals surface area contributed by atoms with E-state index in [1.165, 1.54) is 14.2 Å². The molecule has 0 radical (unpaired) electrons. The average molecular weight is 460 g/mol. The van der Waals surface area contributed by atoms with Gasteiger partial charge in [0.2, 0.25) is 5.79 Å². The summed E-state index contributed by atoms with van der Waals surface area (Å²) in [5.41, 5.74) is -0.682. The molecular formula is C18H20Br2O4. The van der Waals surface area contributed by atoms with Gasteiger partial charge in [-0.15, -0.1) is 6.58 Å². The first-order valence-electron chi connectivity index (χ1n) is 7.70. The van der Waals surface area contributed by atoms with Gasteiger partial charge in [0, 0.05) is 26.6 Å². The molecule has 2 saturated carbocycles. The summed E-state index contributed by atoms with van der Waals surface area (Å²) in [6.45, 7) is 3.69. The summed E-state index contributed by atoms with van der Waals surface area (Å²) < 4.78 is 9.23. The minimum Gasteiger partial charge on any atom is -0.380 e. The molecule has 0 aromatic heterocycles. The topological polar surface area (TPSA) is 55.8 Å². The Kier molecular flexibility index (Phi) is 4.37. The monoisotopic (exact) mass is 458 g/mol. The van der Waals surface area contributed by atoms with Gasteiger partial charge in [-0.1, -0.05) is 68.3 Å². The number of hydrogen-bond donors (Lipinski definition) is 1. The number of benzene rings is 1. The molecule has 130 valence electrons. The predicted molar refractivity (Wildman–Crippen MR) is 98.6 cm³/mol. The Morgan fingerprint density at radius 2 is 1.88 bits per heavy atom. The van der Waals surface area contributed by atoms with E-state index in [1.807, 2.05) is 30.3 Å². The lowest BCUT2D eigenvalue weighted by Gasteiger charge is -2.42. The molecular weight excluding hydrogens is 440 g/mol. The molecule has 1 aromatic carbocycles. The smallest absolute Gasteiger partial charge is 0.210 e. The van der Waals surface area contributed by atoms with Gasteiger partial charge in [-0.25, -0.2) is 0 Å². The highest BCUT2D eigenvalue weighted by Crippen LogP contribution is 2.73. The fourth-order valence-corrected chi connectivity index (χ4v) is 7.49. The largest absolute Gasteiger partial charge is 0.380 e. The molecule has 0 heterocycles. The van der Waals surface area contributed by atoms with Crippen molar-refractivity contribution in [2.24, 2.45) is 0 Å². The molecule has 4 atom stereocenters. The van der Waals surface area contributed by atoms with Crippen LogP contribution in [0.15, 0.2) is 43.0 Å². The zero-order valence-corrected chi connectivity index (χ0v) is 16.8. The number of ether oxygens (including phenoxy) is 2. The van der Waals surface area contributed by atoms with Crippen LogP contribution in [0, 0.1) is 0 Å². The van der Waals surface area contributed by atoms with Crippen LogP contribution in [0.1, 0.15) is 24.3 Å². The standard InChI is InChI=1S/C18H20Br2O4/c1-4-10-15(22)14(21)17(20)13(12-8-6-5-7-9-12)11-16(15,19)18(17,23-2)24-3/h4-9,13,22H,1,10-11H2,2-3H3/t13-,15+,16-,17+/m0/s1. The van der Waals surface area contributed by atoms with Crippen LogP contribution in [0.5, 0.6) is 0 Å². The van der Waals surface area contributed by atoms with E-state index in [0.29, 0.717) is 6.42 Å². The van der Waals surface area contributed by atoms with Gasteiger partial charge in [-0.3, -0.25) is 4.79 Å². The Morgan fingerprint density at radius 3 is 2.38 bits per heavy atom. The zero-order valence-electron chi connectivity index (χ0n) is 13.6. The lowest BCUT2D eigenvalue weighted by molar-refractivity contribution is -0.225. The van der Waals surface area contributed by atoms with Crippen LogP contribution in [-0.2, 0) is 14.3 Å². The summed E-state index contributed by atoms with van der Waals surface area (Å²) in [6.07, 6.45) is 2.13. The van der Waals surface area contributed by atoms with Gasteiger partial charge in [0.15, 0.2) is 5.78 Å². The Morgan fingerprint density at radius 1 is 1.29 bits per heavy atom. The first-order valence-corrected chi connectivity index (χ1v) is 9.29. The van der Waals surface area contributed by atoms with E-state index in [1.54, 1.807) is 6.08 Å². The van der Waals surface area contributed by atoms with Crippen LogP contribution in [0.4, 0.5) is 0 Å². The van der Waals surface area contributed by atoms with E-state index >= 15 is 0 Å². The molecule has 0 amide bonds. The van der Waals surface area contributed by atoms with Gasteiger partial charge < -0.3 is 14.6 Å². The highest BCUT2D eigenvalue weighted by Gasteiger charge is 2.89. The molecule has 6 heteroatoms. The third-order valence-corrected chi connectivity index (χ3v) is 8.48. The molecule has 24 heavy (non-hydrogen) atoms. The van der Waals surface area contributed by atoms with Gasteiger partial charge in [-0.05, 0) is 12.0 Å². The van der Waals surface area contributed by atoms with Gasteiger partial charge >= 0.3 is 0 Å². The number of ketones is 1. The van der Waals surface area contributed by atoms with E-state index in [2.05, 4.69) is 38.4 Å². The van der Waals surface area contributed by atoms with Crippen molar-refractivity contribution in [1.82, 2.24) is 0 Å². The minimum absolute atomic E-state index is 0.112. The third-order valence-electron chi connectivity index (χ3n) is 5.54. The van der Waals surface area contributed by atoms with Crippen LogP contribution >= 0.6 is 31.9 Å². The van der Waals surface area contributed by atoms with Crippen molar-refractivity contribution in [3.63, 3.8) is 0 Å². The Balaban J connectivity index is 2.26. The highest BCUT2D eigenvalue weighted by atomic mass is 79.9. The fourth-order valence-electron chi connectivity index (χ4n) is 4.50. The number of fused-ring (bicyclic) bond motifs is 2. The summed E-state index contributed by atoms with van der Waals surface area (Å²) in [5, 5.41) is 11.3. The molecule has 0 unspecified atom stereocenters. The molecule has 2 aliphatic carbocycles. The number of carbonyl (C=O) groups is 1. The number of rotatable bonds is 5. The number of aliphatic hydroxyl groups is 1. The average Bonchev–Trinajstić information content (AvgIpc) is 2.86. The summed E-state index contributed by atoms with van der Waals surface area (Å²) in [4.78, 5) is 13.4. The second-order valence-corrected chi connectivity index (χ2v) is 8.99. The molecule has 1 aromatic rings. The Labute approximate surface area is 158 Å². The SMILES string of the molecule is C=CC[C@@]1(O)C(=O)[C@]2(Br)[C@H](c3ccccc3)C[C@@]1(Br)C2(OC)OC. The Bertz CT molecular complexity index is 675. The summed E-state index contributed by atoms with van der Waals surface area (Å²) in [6, 6.07) is 9.74. The number of alkyl halides is 2. The number of Topliss-reactive ketones (excluding diaryl/α,β-unsaturated/α-hetero) is 1. The first-order chi connectivity index (χ1) is 11.3. The van der Waals surface area contributed by atoms with Crippen molar-refractivity contribution in [2.75, 3.05) is 14.2 Å². The molecule has 2 aliphatic rings. The maximum absolute atomic E-state index is 13.4. The Hall–Kier alpha value is -0.530. The number of halogens is 2. The molecule has 0 spiro atoms. The summed E-state index contributed by atoms with van der Waals surface area (Å²) in [5.74, 6) is -1.92. The molecule has 0 saturated heterocycles. The molecule has 2 fully saturated rings. The normalized spacial score (nSPS) is 40.0. The lowest BCUT2D eigenvalue weighted by Crippen LogP contribution is -2.59. The van der Waals surface area contributed by atoms with Crippen molar-refractivity contribution < 1.29 is 19.4 Å². The van der Waals surface area contributed by atoms with Crippen molar-refractivity contribution >= 4 is 37.6 Å². The van der Waals surface area contributed by atoms with E-state index in [0.717, 1.165) is 5.56 Å². The maximum atomic E-state index is 13.4. The molecule has 4 nitrogen and oxygen atoms in total. The number of carbonyl (C=O) groups excluding carboxylic acids is 1. The van der Waals surface area contributed by atoms with E-state index < -0.39 is 20.0 Å². The summed E-state index contributed by atoms with van der Waals surface area (Å²) in [7, 11) is 2.99. The van der Waals surface area contributed by atoms with Crippen LogP contribution in [-0.4, -0.2) is 45.1 Å². The first kappa shape index (κ1) is 18.3. The minimum atomic E-state index is -1.67. The van der Waals surface area contributed by atoms with Gasteiger partial charge in [-0.2, -0.15) is 0 Å². The van der Waals surface area contributed by atoms with Crippen molar-refractivity contribution in [3.8, 4) is 0 Å². The number of methoxy groups -OCH3 is 2. The van der Waals surface area contributed by atoms with Gasteiger partial charge in [0.25, 0.3) is 0 Å². The van der Waals surface area contributed by atoms with E-state index in [-0.39, 0.29) is 18.1 Å². The molecule has 1 N–H and O–H groups in total. The van der Waals surface area contributed by atoms with E-state index in [4.69, 9.17) is 9.47 Å². The van der Waals surface area contributed by atoms with Crippen LogP contribution in [0.2, 0.25) is 0 Å². The zero-order chi connectivity index (χ0) is 17.8. The fraction of sp³-hybridized carbons (Fsp3) is 0.500. The molecule has 3 rings (SSSR count). The second kappa shape index (κ2) is 5.74. The lowest BCUT2D eigenvalue weighted by atomic mass is 9.73. The quantitative estimate of drug-likeness (QED) is 0.417. The second-order valence-electron chi connectivity index (χ2n) is 6.39. The van der Waals surface area contributed by atoms with Crippen LogP contribution in [0.3, 0.4) is 0 Å². The molecule has 0 aliphatic heterocycles. The van der Waals surface area contributed by atoms with Gasteiger partial charge in [0.1, 0.15) is 14.2 Å². The van der Waals surface area contributed by atoms with Gasteiger partial charge in [0.05, 0.1) is 0 Å². The van der Waals surface area contributed by atoms with Crippen LogP contribution < -0.4 is 0 Å². The number of hydrogen-bond acceptors (Lipinski definition) is 4.